The predicted octanol–water partition coefficient (Wildman–Crippen LogP) is 2.46. The lowest BCUT2D eigenvalue weighted by Gasteiger charge is -1.81. The SMILES string of the molecule is C=CC(=O)O.C=Cc1nc2ccccc2[nH]1. The van der Waals surface area contributed by atoms with Crippen molar-refractivity contribution >= 4 is 23.1 Å². The summed E-state index contributed by atoms with van der Waals surface area (Å²) in [5.41, 5.74) is 2.05. The molecule has 0 aliphatic rings. The van der Waals surface area contributed by atoms with Crippen molar-refractivity contribution in [1.29, 1.82) is 0 Å². The zero-order chi connectivity index (χ0) is 12.0. The Morgan fingerprint density at radius 1 is 1.38 bits per heavy atom. The van der Waals surface area contributed by atoms with Crippen molar-refractivity contribution in [2.45, 2.75) is 0 Å². The first-order valence-electron chi connectivity index (χ1n) is 4.60. The molecule has 2 aromatic rings. The molecule has 0 spiro atoms. The minimum Gasteiger partial charge on any atom is -0.478 e. The van der Waals surface area contributed by atoms with E-state index in [-0.39, 0.29) is 0 Å². The van der Waals surface area contributed by atoms with Gasteiger partial charge < -0.3 is 10.1 Å². The van der Waals surface area contributed by atoms with E-state index in [0.29, 0.717) is 0 Å². The Bertz CT molecular complexity index is 481. The molecule has 82 valence electrons. The maximum absolute atomic E-state index is 9.25. The van der Waals surface area contributed by atoms with Crippen LogP contribution >= 0.6 is 0 Å². The van der Waals surface area contributed by atoms with E-state index in [1.165, 1.54) is 0 Å². The molecule has 0 unspecified atom stereocenters. The third kappa shape index (κ3) is 3.09. The predicted molar refractivity (Wildman–Crippen MR) is 64.0 cm³/mol. The number of fused-ring (bicyclic) bond motifs is 1. The van der Waals surface area contributed by atoms with Crippen molar-refractivity contribution in [2.24, 2.45) is 0 Å². The molecule has 2 rings (SSSR count). The van der Waals surface area contributed by atoms with Crippen molar-refractivity contribution in [1.82, 2.24) is 9.97 Å². The molecular weight excluding hydrogens is 204 g/mol. The normalized spacial score (nSPS) is 9.00. The molecular formula is C12H12N2O2. The average Bonchev–Trinajstić information content (AvgIpc) is 2.72. The maximum Gasteiger partial charge on any atom is 0.327 e. The van der Waals surface area contributed by atoms with Gasteiger partial charge in [0, 0.05) is 6.08 Å². The number of hydrogen-bond acceptors (Lipinski definition) is 2. The van der Waals surface area contributed by atoms with Crippen LogP contribution in [-0.2, 0) is 4.79 Å². The smallest absolute Gasteiger partial charge is 0.327 e. The lowest BCUT2D eigenvalue weighted by molar-refractivity contribution is -0.131. The minimum absolute atomic E-state index is 0.825. The molecule has 4 heteroatoms. The molecule has 16 heavy (non-hydrogen) atoms. The molecule has 0 amide bonds. The number of aliphatic carboxylic acids is 1. The fraction of sp³-hybridized carbons (Fsp3) is 0. The fourth-order valence-electron chi connectivity index (χ4n) is 1.07. The summed E-state index contributed by atoms with van der Waals surface area (Å²) in [6.07, 6.45) is 2.54. The number of carbonyl (C=O) groups is 1. The van der Waals surface area contributed by atoms with E-state index in [2.05, 4.69) is 23.1 Å². The van der Waals surface area contributed by atoms with Gasteiger partial charge in [-0.1, -0.05) is 25.3 Å². The summed E-state index contributed by atoms with van der Waals surface area (Å²) in [5.74, 6) is -0.156. The second-order valence-electron chi connectivity index (χ2n) is 2.89. The Balaban J connectivity index is 0.000000221. The molecule has 0 radical (unpaired) electrons. The van der Waals surface area contributed by atoms with Crippen LogP contribution in [0.25, 0.3) is 17.1 Å². The summed E-state index contributed by atoms with van der Waals surface area (Å²) in [4.78, 5) is 16.6. The van der Waals surface area contributed by atoms with E-state index in [1.54, 1.807) is 6.08 Å². The highest BCUT2D eigenvalue weighted by atomic mass is 16.4. The van der Waals surface area contributed by atoms with E-state index >= 15 is 0 Å². The Kier molecular flexibility index (Phi) is 4.03. The number of carboxylic acid groups (broad SMARTS) is 1. The number of hydrogen-bond donors (Lipinski definition) is 2. The molecule has 2 N–H and O–H groups in total. The van der Waals surface area contributed by atoms with Crippen LogP contribution in [0.3, 0.4) is 0 Å². The monoisotopic (exact) mass is 216 g/mol. The molecule has 0 atom stereocenters. The van der Waals surface area contributed by atoms with E-state index in [9.17, 15) is 4.79 Å². The summed E-state index contributed by atoms with van der Waals surface area (Å²) in [6.45, 7) is 6.59. The van der Waals surface area contributed by atoms with Crippen LogP contribution in [0, 0.1) is 0 Å². The number of aromatic amines is 1. The molecule has 0 saturated heterocycles. The number of nitrogens with zero attached hydrogens (tertiary/aromatic N) is 1. The Hall–Kier alpha value is -2.36. The second kappa shape index (κ2) is 5.50. The number of imidazole rings is 1. The van der Waals surface area contributed by atoms with Crippen molar-refractivity contribution < 1.29 is 9.90 Å². The first-order valence-corrected chi connectivity index (χ1v) is 4.60. The van der Waals surface area contributed by atoms with Gasteiger partial charge in [-0.3, -0.25) is 0 Å². The maximum atomic E-state index is 9.25. The summed E-state index contributed by atoms with van der Waals surface area (Å²) in [7, 11) is 0. The third-order valence-electron chi connectivity index (χ3n) is 1.78. The van der Waals surface area contributed by atoms with Gasteiger partial charge in [-0.2, -0.15) is 0 Å². The van der Waals surface area contributed by atoms with Crippen LogP contribution in [-0.4, -0.2) is 21.0 Å². The van der Waals surface area contributed by atoms with E-state index in [4.69, 9.17) is 5.11 Å². The largest absolute Gasteiger partial charge is 0.478 e. The van der Waals surface area contributed by atoms with E-state index < -0.39 is 5.97 Å². The highest BCUT2D eigenvalue weighted by Crippen LogP contribution is 2.10. The quantitative estimate of drug-likeness (QED) is 0.758. The summed E-state index contributed by atoms with van der Waals surface area (Å²) in [5, 5.41) is 7.60. The second-order valence-corrected chi connectivity index (χ2v) is 2.89. The fourth-order valence-corrected chi connectivity index (χ4v) is 1.07. The van der Waals surface area contributed by atoms with Crippen LogP contribution in [0.15, 0.2) is 43.5 Å². The molecule has 0 fully saturated rings. The molecule has 0 aliphatic carbocycles. The molecule has 1 heterocycles. The highest BCUT2D eigenvalue weighted by molar-refractivity contribution is 5.78. The number of carboxylic acids is 1. The molecule has 0 aliphatic heterocycles. The van der Waals surface area contributed by atoms with Crippen molar-refractivity contribution in [3.8, 4) is 0 Å². The Morgan fingerprint density at radius 3 is 2.50 bits per heavy atom. The number of nitrogens with one attached hydrogen (secondary N) is 1. The lowest BCUT2D eigenvalue weighted by Crippen LogP contribution is -1.82. The van der Waals surface area contributed by atoms with Gasteiger partial charge in [0.05, 0.1) is 11.0 Å². The van der Waals surface area contributed by atoms with Crippen molar-refractivity contribution in [3.05, 3.63) is 49.3 Å². The molecule has 4 nitrogen and oxygen atoms in total. The first kappa shape index (κ1) is 11.7. The zero-order valence-corrected chi connectivity index (χ0v) is 8.68. The Morgan fingerprint density at radius 2 is 2.00 bits per heavy atom. The van der Waals surface area contributed by atoms with Crippen LogP contribution < -0.4 is 0 Å². The minimum atomic E-state index is -0.981. The van der Waals surface area contributed by atoms with E-state index in [0.717, 1.165) is 22.9 Å². The number of H-pyrrole nitrogens is 1. The van der Waals surface area contributed by atoms with Crippen molar-refractivity contribution in [3.63, 3.8) is 0 Å². The topological polar surface area (TPSA) is 66.0 Å². The van der Waals surface area contributed by atoms with Gasteiger partial charge in [0.2, 0.25) is 0 Å². The summed E-state index contributed by atoms with van der Waals surface area (Å²) in [6, 6.07) is 7.91. The van der Waals surface area contributed by atoms with Gasteiger partial charge in [-0.25, -0.2) is 9.78 Å². The standard InChI is InChI=1S/C9H8N2.C3H4O2/c1-2-9-10-7-5-3-4-6-8(7)11-9;1-2-3(4)5/h2-6H,1H2,(H,10,11);2H,1H2,(H,4,5). The van der Waals surface area contributed by atoms with Gasteiger partial charge in [0.1, 0.15) is 5.82 Å². The molecule has 1 aromatic heterocycles. The average molecular weight is 216 g/mol. The van der Waals surface area contributed by atoms with Gasteiger partial charge in [0.15, 0.2) is 0 Å². The van der Waals surface area contributed by atoms with Gasteiger partial charge >= 0.3 is 5.97 Å². The van der Waals surface area contributed by atoms with Crippen LogP contribution in [0.4, 0.5) is 0 Å². The number of benzene rings is 1. The van der Waals surface area contributed by atoms with E-state index in [1.807, 2.05) is 24.3 Å². The first-order chi connectivity index (χ1) is 7.67. The van der Waals surface area contributed by atoms with Crippen LogP contribution in [0.5, 0.6) is 0 Å². The van der Waals surface area contributed by atoms with Gasteiger partial charge in [0.25, 0.3) is 0 Å². The zero-order valence-electron chi connectivity index (χ0n) is 8.68. The van der Waals surface area contributed by atoms with Gasteiger partial charge in [-0.05, 0) is 18.2 Å². The van der Waals surface area contributed by atoms with Crippen LogP contribution in [0.2, 0.25) is 0 Å². The number of rotatable bonds is 2. The number of aromatic nitrogens is 2. The molecule has 1 aromatic carbocycles. The molecule has 0 bridgehead atoms. The lowest BCUT2D eigenvalue weighted by atomic mass is 10.3. The van der Waals surface area contributed by atoms with Gasteiger partial charge in [-0.15, -0.1) is 0 Å². The molecule has 0 saturated carbocycles. The third-order valence-corrected chi connectivity index (χ3v) is 1.78. The summed E-state index contributed by atoms with van der Waals surface area (Å²) < 4.78 is 0. The number of para-hydroxylation sites is 2. The summed E-state index contributed by atoms with van der Waals surface area (Å²) >= 11 is 0. The van der Waals surface area contributed by atoms with Crippen LogP contribution in [0.1, 0.15) is 5.82 Å². The Labute approximate surface area is 92.9 Å². The van der Waals surface area contributed by atoms with Crippen molar-refractivity contribution in [2.75, 3.05) is 0 Å². The highest BCUT2D eigenvalue weighted by Gasteiger charge is 1.95.